The lowest BCUT2D eigenvalue weighted by Crippen LogP contribution is -2.38. The van der Waals surface area contributed by atoms with Gasteiger partial charge in [0.05, 0.1) is 10.3 Å². The van der Waals surface area contributed by atoms with E-state index in [9.17, 15) is 0 Å². The molecule has 55 heavy (non-hydrogen) atoms. The molecule has 0 unspecified atom stereocenters. The SMILES string of the molecule is CCCCCCCCCCCCC1(CCCCCCCCCCCC)C(=O)c2cc(C(C)(C)CC)sc2-c2sc(-c3cc4sc(C(C)(C)CC)cc4s3)cc21. The molecule has 0 fully saturated rings. The Labute approximate surface area is 353 Å². The van der Waals surface area contributed by atoms with Gasteiger partial charge in [-0.2, -0.15) is 0 Å². The zero-order valence-corrected chi connectivity index (χ0v) is 39.6. The second-order valence-corrected chi connectivity index (χ2v) is 22.7. The van der Waals surface area contributed by atoms with Crippen LogP contribution in [0.4, 0.5) is 0 Å². The van der Waals surface area contributed by atoms with Crippen LogP contribution in [0.25, 0.3) is 28.9 Å². The average molecular weight is 821 g/mol. The molecule has 1 nitrogen and oxygen atoms in total. The van der Waals surface area contributed by atoms with E-state index in [2.05, 4.69) is 79.7 Å². The van der Waals surface area contributed by atoms with Crippen molar-refractivity contribution in [2.45, 2.75) is 226 Å². The molecular weight excluding hydrogens is 745 g/mol. The summed E-state index contributed by atoms with van der Waals surface area (Å²) in [4.78, 5) is 23.6. The molecule has 0 spiro atoms. The van der Waals surface area contributed by atoms with Crippen LogP contribution in [0.5, 0.6) is 0 Å². The Morgan fingerprint density at radius 2 is 0.909 bits per heavy atom. The van der Waals surface area contributed by atoms with Gasteiger partial charge in [0, 0.05) is 39.3 Å². The quantitative estimate of drug-likeness (QED) is 0.0548. The van der Waals surface area contributed by atoms with E-state index in [1.807, 2.05) is 45.3 Å². The molecule has 5 heteroatoms. The van der Waals surface area contributed by atoms with Crippen LogP contribution in [0.2, 0.25) is 0 Å². The number of carbonyl (C=O) groups excluding carboxylic acids is 1. The Bertz CT molecular complexity index is 1700. The molecule has 0 aliphatic heterocycles. The summed E-state index contributed by atoms with van der Waals surface area (Å²) < 4.78 is 2.84. The zero-order valence-electron chi connectivity index (χ0n) is 36.3. The minimum Gasteiger partial charge on any atom is -0.293 e. The Kier molecular flexibility index (Phi) is 17.2. The highest BCUT2D eigenvalue weighted by Gasteiger charge is 2.48. The lowest BCUT2D eigenvalue weighted by molar-refractivity contribution is 0.0855. The third kappa shape index (κ3) is 11.1. The van der Waals surface area contributed by atoms with Gasteiger partial charge in [-0.1, -0.05) is 184 Å². The standard InChI is InChI=1S/C50H76OS4/c1-9-13-15-17-19-21-23-25-27-29-31-50(32-30-28-26-24-22-20-18-16-14-10-2)38-34-39(40-35-41-42(52-40)36-44(53-41)49(7,8)12-4)54-46(38)45-37(47(50)51)33-43(55-45)48(5,6)11-3/h33-36H,9-32H2,1-8H3. The second kappa shape index (κ2) is 21.1. The number of Topliss-reactive ketones (excluding diaryl/α,β-unsaturated/α-hetero) is 1. The monoisotopic (exact) mass is 820 g/mol. The Balaban J connectivity index is 1.42. The van der Waals surface area contributed by atoms with Gasteiger partial charge in [-0.15, -0.1) is 45.3 Å². The number of ketones is 1. The molecule has 0 bridgehead atoms. The minimum atomic E-state index is -0.404. The summed E-state index contributed by atoms with van der Waals surface area (Å²) in [5.41, 5.74) is 2.30. The largest absolute Gasteiger partial charge is 0.293 e. The first kappa shape index (κ1) is 44.8. The Morgan fingerprint density at radius 3 is 1.38 bits per heavy atom. The lowest BCUT2D eigenvalue weighted by atomic mass is 9.65. The normalized spacial score (nSPS) is 14.3. The van der Waals surface area contributed by atoms with E-state index in [1.54, 1.807) is 0 Å². The summed E-state index contributed by atoms with van der Waals surface area (Å²) in [6.45, 7) is 18.7. The predicted octanol–water partition coefficient (Wildman–Crippen LogP) is 18.9. The average Bonchev–Trinajstić information content (AvgIpc) is 3.98. The summed E-state index contributed by atoms with van der Waals surface area (Å²) in [6, 6.07) is 9.79. The molecular formula is C50H76OS4. The van der Waals surface area contributed by atoms with Crippen LogP contribution < -0.4 is 0 Å². The molecule has 1 aliphatic carbocycles. The minimum absolute atomic E-state index is 0.0698. The number of thiophene rings is 4. The second-order valence-electron chi connectivity index (χ2n) is 18.4. The van der Waals surface area contributed by atoms with Gasteiger partial charge in [0.25, 0.3) is 0 Å². The number of fused-ring (bicyclic) bond motifs is 4. The first-order valence-corrected chi connectivity index (χ1v) is 26.2. The van der Waals surface area contributed by atoms with Crippen LogP contribution in [0.1, 0.15) is 235 Å². The highest BCUT2D eigenvalue weighted by molar-refractivity contribution is 7.32. The van der Waals surface area contributed by atoms with Gasteiger partial charge >= 0.3 is 0 Å². The van der Waals surface area contributed by atoms with E-state index in [0.717, 1.165) is 44.1 Å². The number of unbranched alkanes of at least 4 members (excludes halogenated alkanes) is 18. The van der Waals surface area contributed by atoms with Gasteiger partial charge < -0.3 is 0 Å². The first-order valence-electron chi connectivity index (χ1n) is 22.9. The fraction of sp³-hybridized carbons (Fsp3) is 0.700. The van der Waals surface area contributed by atoms with Crippen molar-refractivity contribution in [3.8, 4) is 19.5 Å². The molecule has 306 valence electrons. The van der Waals surface area contributed by atoms with Crippen molar-refractivity contribution < 1.29 is 4.79 Å². The van der Waals surface area contributed by atoms with Crippen LogP contribution in [0.15, 0.2) is 24.3 Å². The van der Waals surface area contributed by atoms with Gasteiger partial charge in [0.15, 0.2) is 5.78 Å². The number of hydrogen-bond donors (Lipinski definition) is 0. The predicted molar refractivity (Wildman–Crippen MR) is 252 cm³/mol. The van der Waals surface area contributed by atoms with Crippen molar-refractivity contribution in [1.29, 1.82) is 0 Å². The number of hydrogen-bond acceptors (Lipinski definition) is 5. The van der Waals surface area contributed by atoms with Crippen molar-refractivity contribution in [1.82, 2.24) is 0 Å². The Morgan fingerprint density at radius 1 is 0.473 bits per heavy atom. The summed E-state index contributed by atoms with van der Waals surface area (Å²) in [5.74, 6) is 0.444. The molecule has 0 N–H and O–H groups in total. The molecule has 1 aliphatic rings. The molecule has 5 rings (SSSR count). The summed E-state index contributed by atoms with van der Waals surface area (Å²) in [7, 11) is 0. The van der Waals surface area contributed by atoms with Crippen molar-refractivity contribution in [3.63, 3.8) is 0 Å². The molecule has 4 heterocycles. The van der Waals surface area contributed by atoms with Crippen LogP contribution in [-0.4, -0.2) is 5.78 Å². The fourth-order valence-electron chi connectivity index (χ4n) is 8.57. The highest BCUT2D eigenvalue weighted by Crippen LogP contribution is 2.57. The maximum Gasteiger partial charge on any atom is 0.174 e. The van der Waals surface area contributed by atoms with Crippen molar-refractivity contribution >= 4 is 60.5 Å². The maximum atomic E-state index is 15.3. The summed E-state index contributed by atoms with van der Waals surface area (Å²) >= 11 is 7.86. The molecule has 4 aromatic rings. The zero-order chi connectivity index (χ0) is 39.5. The van der Waals surface area contributed by atoms with E-state index < -0.39 is 5.41 Å². The van der Waals surface area contributed by atoms with E-state index in [1.165, 1.54) is 160 Å². The molecule has 0 aromatic carbocycles. The topological polar surface area (TPSA) is 17.1 Å². The smallest absolute Gasteiger partial charge is 0.174 e. The highest BCUT2D eigenvalue weighted by atomic mass is 32.1. The van der Waals surface area contributed by atoms with Gasteiger partial charge in [-0.05, 0) is 66.3 Å². The van der Waals surface area contributed by atoms with Crippen LogP contribution in [-0.2, 0) is 16.2 Å². The van der Waals surface area contributed by atoms with E-state index in [0.29, 0.717) is 5.78 Å². The van der Waals surface area contributed by atoms with Crippen LogP contribution >= 0.6 is 45.3 Å². The van der Waals surface area contributed by atoms with Crippen molar-refractivity contribution in [2.75, 3.05) is 0 Å². The third-order valence-corrected chi connectivity index (χ3v) is 19.0. The molecule has 0 saturated heterocycles. The lowest BCUT2D eigenvalue weighted by Gasteiger charge is -2.36. The van der Waals surface area contributed by atoms with Gasteiger partial charge in [-0.25, -0.2) is 0 Å². The summed E-state index contributed by atoms with van der Waals surface area (Å²) in [5, 5.41) is 0. The van der Waals surface area contributed by atoms with Gasteiger partial charge in [0.1, 0.15) is 0 Å². The third-order valence-electron chi connectivity index (χ3n) is 13.3. The molecule has 0 atom stereocenters. The first-order chi connectivity index (χ1) is 26.5. The van der Waals surface area contributed by atoms with E-state index in [4.69, 9.17) is 0 Å². The van der Waals surface area contributed by atoms with Crippen molar-refractivity contribution in [2.24, 2.45) is 0 Å². The van der Waals surface area contributed by atoms with Crippen LogP contribution in [0, 0.1) is 0 Å². The molecule has 0 saturated carbocycles. The molecule has 0 amide bonds. The summed E-state index contributed by atoms with van der Waals surface area (Å²) in [6.07, 6.45) is 30.8. The van der Waals surface area contributed by atoms with E-state index >= 15 is 4.79 Å². The van der Waals surface area contributed by atoms with Crippen molar-refractivity contribution in [3.05, 3.63) is 45.1 Å². The number of carbonyl (C=O) groups is 1. The van der Waals surface area contributed by atoms with Gasteiger partial charge in [0.2, 0.25) is 0 Å². The Hall–Kier alpha value is -1.27. The molecule has 4 aromatic heterocycles. The number of rotatable bonds is 27. The van der Waals surface area contributed by atoms with Gasteiger partial charge in [-0.3, -0.25) is 4.79 Å². The van der Waals surface area contributed by atoms with E-state index in [-0.39, 0.29) is 10.8 Å². The molecule has 0 radical (unpaired) electrons. The maximum absolute atomic E-state index is 15.3. The fourth-order valence-corrected chi connectivity index (χ4v) is 14.0. The van der Waals surface area contributed by atoms with Crippen LogP contribution in [0.3, 0.4) is 0 Å².